The Kier molecular flexibility index (Phi) is 3.35. The van der Waals surface area contributed by atoms with Gasteiger partial charge in [-0.05, 0) is 42.2 Å². The maximum absolute atomic E-state index is 6.23. The number of hydrogen-bond donors (Lipinski definition) is 1. The lowest BCUT2D eigenvalue weighted by Crippen LogP contribution is -2.22. The molecule has 0 unspecified atom stereocenters. The summed E-state index contributed by atoms with van der Waals surface area (Å²) in [6.45, 7) is 11.1. The van der Waals surface area contributed by atoms with E-state index in [0.717, 1.165) is 17.8 Å². The Balaban J connectivity index is 2.48. The lowest BCUT2D eigenvalue weighted by Gasteiger charge is -2.30. The van der Waals surface area contributed by atoms with Gasteiger partial charge in [-0.1, -0.05) is 33.8 Å². The minimum Gasteiger partial charge on any atom is -0.390 e. The molecule has 94 valence electrons. The van der Waals surface area contributed by atoms with Gasteiger partial charge in [-0.15, -0.1) is 11.3 Å². The monoisotopic (exact) mass is 249 g/mol. The van der Waals surface area contributed by atoms with Crippen LogP contribution in [0.25, 0.3) is 5.57 Å². The second-order valence-corrected chi connectivity index (χ2v) is 6.79. The van der Waals surface area contributed by atoms with Crippen molar-refractivity contribution in [1.29, 1.82) is 0 Å². The molecule has 0 amide bonds. The molecule has 2 heteroatoms. The van der Waals surface area contributed by atoms with Gasteiger partial charge in [0.25, 0.3) is 0 Å². The van der Waals surface area contributed by atoms with Crippen molar-refractivity contribution in [2.45, 2.75) is 58.3 Å². The highest BCUT2D eigenvalue weighted by Crippen LogP contribution is 2.47. The molecule has 0 atom stereocenters. The molecule has 0 saturated carbocycles. The molecule has 2 rings (SSSR count). The predicted molar refractivity (Wildman–Crippen MR) is 78.6 cm³/mol. The third kappa shape index (κ3) is 2.15. The number of thiophene rings is 1. The number of allylic oxidation sites excluding steroid dienone is 1. The molecule has 0 fully saturated rings. The molecule has 1 aromatic heterocycles. The molecule has 1 aliphatic carbocycles. The van der Waals surface area contributed by atoms with E-state index in [4.69, 9.17) is 5.73 Å². The predicted octanol–water partition coefficient (Wildman–Crippen LogP) is 4.76. The van der Waals surface area contributed by atoms with E-state index in [1.165, 1.54) is 40.8 Å². The van der Waals surface area contributed by atoms with Crippen LogP contribution in [0.1, 0.15) is 62.5 Å². The topological polar surface area (TPSA) is 26.0 Å². The zero-order valence-corrected chi connectivity index (χ0v) is 12.0. The summed E-state index contributed by atoms with van der Waals surface area (Å²) in [5.41, 5.74) is 10.6. The average Bonchev–Trinajstić information content (AvgIpc) is 2.56. The lowest BCUT2D eigenvalue weighted by atomic mass is 9.76. The van der Waals surface area contributed by atoms with Crippen LogP contribution >= 0.6 is 11.3 Å². The van der Waals surface area contributed by atoms with Gasteiger partial charge < -0.3 is 5.73 Å². The van der Waals surface area contributed by atoms with E-state index in [1.54, 1.807) is 11.3 Å². The van der Waals surface area contributed by atoms with Crippen LogP contribution < -0.4 is 5.73 Å². The van der Waals surface area contributed by atoms with Crippen molar-refractivity contribution in [3.8, 4) is 0 Å². The quantitative estimate of drug-likeness (QED) is 0.821. The maximum Gasteiger partial charge on any atom is 0.0938 e. The van der Waals surface area contributed by atoms with Gasteiger partial charge in [-0.25, -0.2) is 0 Å². The van der Waals surface area contributed by atoms with Crippen LogP contribution in [-0.4, -0.2) is 0 Å². The molecule has 0 saturated heterocycles. The fraction of sp³-hybridized carbons (Fsp3) is 0.600. The molecule has 0 aliphatic heterocycles. The van der Waals surface area contributed by atoms with E-state index in [9.17, 15) is 0 Å². The molecule has 0 radical (unpaired) electrons. The number of anilines is 1. The van der Waals surface area contributed by atoms with Crippen LogP contribution in [0.2, 0.25) is 0 Å². The van der Waals surface area contributed by atoms with Crippen LogP contribution in [0.3, 0.4) is 0 Å². The lowest BCUT2D eigenvalue weighted by molar-refractivity contribution is 0.441. The summed E-state index contributed by atoms with van der Waals surface area (Å²) in [4.78, 5) is 1.51. The molecule has 1 nitrogen and oxygen atoms in total. The van der Waals surface area contributed by atoms with Gasteiger partial charge in [0.1, 0.15) is 0 Å². The molecule has 0 spiro atoms. The summed E-state index contributed by atoms with van der Waals surface area (Å²) in [7, 11) is 0. The van der Waals surface area contributed by atoms with Crippen molar-refractivity contribution in [2.75, 3.05) is 5.73 Å². The van der Waals surface area contributed by atoms with Gasteiger partial charge in [0.2, 0.25) is 0 Å². The first kappa shape index (κ1) is 12.7. The number of nitrogen functional groups attached to an aromatic ring is 1. The molecule has 1 aromatic rings. The van der Waals surface area contributed by atoms with Gasteiger partial charge >= 0.3 is 0 Å². The van der Waals surface area contributed by atoms with Crippen molar-refractivity contribution in [1.82, 2.24) is 0 Å². The first-order valence-corrected chi connectivity index (χ1v) is 7.38. The molecule has 1 heterocycles. The normalized spacial score (nSPS) is 17.8. The van der Waals surface area contributed by atoms with Gasteiger partial charge in [0.05, 0.1) is 5.00 Å². The van der Waals surface area contributed by atoms with E-state index in [2.05, 4.69) is 27.4 Å². The highest BCUT2D eigenvalue weighted by Gasteiger charge is 2.32. The highest BCUT2D eigenvalue weighted by molar-refractivity contribution is 7.16. The summed E-state index contributed by atoms with van der Waals surface area (Å²) in [5, 5.41) is 0.989. The van der Waals surface area contributed by atoms with E-state index >= 15 is 0 Å². The molecule has 2 N–H and O–H groups in total. The maximum atomic E-state index is 6.23. The fourth-order valence-electron chi connectivity index (χ4n) is 2.91. The molecule has 0 aromatic carbocycles. The number of fused-ring (bicyclic) bond motifs is 1. The van der Waals surface area contributed by atoms with Crippen molar-refractivity contribution in [3.05, 3.63) is 22.6 Å². The van der Waals surface area contributed by atoms with Crippen molar-refractivity contribution >= 4 is 21.9 Å². The van der Waals surface area contributed by atoms with E-state index in [-0.39, 0.29) is 0 Å². The Hall–Kier alpha value is -0.760. The standard InChI is InChI=1S/C15H23NS/c1-5-7-10(2)12-11-8-6-9-15(3,4)13(11)17-14(12)16/h2,5-9,16H2,1,3-4H3. The van der Waals surface area contributed by atoms with Gasteiger partial charge in [-0.3, -0.25) is 0 Å². The van der Waals surface area contributed by atoms with Crippen LogP contribution in [0.15, 0.2) is 6.58 Å². The summed E-state index contributed by atoms with van der Waals surface area (Å²) in [6, 6.07) is 0. The largest absolute Gasteiger partial charge is 0.390 e. The first-order chi connectivity index (χ1) is 7.97. The molecule has 0 bridgehead atoms. The molecular weight excluding hydrogens is 226 g/mol. The zero-order chi connectivity index (χ0) is 12.6. The van der Waals surface area contributed by atoms with E-state index in [0.29, 0.717) is 5.41 Å². The zero-order valence-electron chi connectivity index (χ0n) is 11.2. The molecule has 1 aliphatic rings. The van der Waals surface area contributed by atoms with Gasteiger partial charge in [0.15, 0.2) is 0 Å². The fourth-order valence-corrected chi connectivity index (χ4v) is 4.20. The summed E-state index contributed by atoms with van der Waals surface area (Å²) in [5.74, 6) is 0. The second-order valence-electron chi connectivity index (χ2n) is 5.74. The van der Waals surface area contributed by atoms with Crippen molar-refractivity contribution in [2.24, 2.45) is 0 Å². The molecular formula is C15H23NS. The number of nitrogens with two attached hydrogens (primary N) is 1. The van der Waals surface area contributed by atoms with Gasteiger partial charge in [-0.2, -0.15) is 0 Å². The van der Waals surface area contributed by atoms with Crippen molar-refractivity contribution in [3.63, 3.8) is 0 Å². The van der Waals surface area contributed by atoms with E-state index in [1.807, 2.05) is 0 Å². The van der Waals surface area contributed by atoms with Gasteiger partial charge in [0, 0.05) is 10.4 Å². The third-order valence-electron chi connectivity index (χ3n) is 3.78. The van der Waals surface area contributed by atoms with Crippen LogP contribution in [0.5, 0.6) is 0 Å². The third-order valence-corrected chi connectivity index (χ3v) is 5.21. The van der Waals surface area contributed by atoms with Crippen LogP contribution in [0, 0.1) is 0 Å². The smallest absolute Gasteiger partial charge is 0.0938 e. The summed E-state index contributed by atoms with van der Waals surface area (Å²) in [6.07, 6.45) is 5.95. The van der Waals surface area contributed by atoms with Crippen molar-refractivity contribution < 1.29 is 0 Å². The number of rotatable bonds is 3. The van der Waals surface area contributed by atoms with Crippen LogP contribution in [-0.2, 0) is 11.8 Å². The Labute approximate surface area is 109 Å². The second kappa shape index (κ2) is 4.49. The van der Waals surface area contributed by atoms with Crippen LogP contribution in [0.4, 0.5) is 5.00 Å². The average molecular weight is 249 g/mol. The first-order valence-electron chi connectivity index (χ1n) is 6.57. The Morgan fingerprint density at radius 1 is 1.47 bits per heavy atom. The summed E-state index contributed by atoms with van der Waals surface area (Å²) < 4.78 is 0. The Morgan fingerprint density at radius 2 is 2.18 bits per heavy atom. The minimum absolute atomic E-state index is 0.303. The Bertz CT molecular complexity index is 440. The molecule has 17 heavy (non-hydrogen) atoms. The highest BCUT2D eigenvalue weighted by atomic mass is 32.1. The summed E-state index contributed by atoms with van der Waals surface area (Å²) >= 11 is 1.79. The number of hydrogen-bond acceptors (Lipinski definition) is 2. The van der Waals surface area contributed by atoms with E-state index < -0.39 is 0 Å². The Morgan fingerprint density at radius 3 is 2.82 bits per heavy atom. The minimum atomic E-state index is 0.303. The SMILES string of the molecule is C=C(CCC)c1c(N)sc2c1CCCC2(C)C.